The third-order valence-electron chi connectivity index (χ3n) is 2.93. The van der Waals surface area contributed by atoms with E-state index in [1.165, 1.54) is 12.8 Å². The molecule has 2 amide bonds. The first-order valence-electron chi connectivity index (χ1n) is 6.98. The second-order valence-corrected chi connectivity index (χ2v) is 5.11. The molecule has 0 saturated carbocycles. The quantitative estimate of drug-likeness (QED) is 0.598. The van der Waals surface area contributed by atoms with Crippen molar-refractivity contribution in [1.29, 1.82) is 0 Å². The van der Waals surface area contributed by atoms with Crippen LogP contribution < -0.4 is 10.9 Å². The monoisotopic (exact) mass is 296 g/mol. The molecule has 0 spiro atoms. The summed E-state index contributed by atoms with van der Waals surface area (Å²) in [6.07, 6.45) is 5.87. The van der Waals surface area contributed by atoms with Crippen LogP contribution in [0.4, 0.5) is 0 Å². The predicted octanol–water partition coefficient (Wildman–Crippen LogP) is 3.46. The molecular weight excluding hydrogens is 276 g/mol. The van der Waals surface area contributed by atoms with Gasteiger partial charge in [-0.1, -0.05) is 44.2 Å². The van der Waals surface area contributed by atoms with E-state index in [1.807, 2.05) is 0 Å². The van der Waals surface area contributed by atoms with Crippen molar-refractivity contribution < 1.29 is 9.59 Å². The minimum absolute atomic E-state index is 0.163. The van der Waals surface area contributed by atoms with Crippen molar-refractivity contribution in [3.63, 3.8) is 0 Å². The molecule has 1 aromatic rings. The topological polar surface area (TPSA) is 58.2 Å². The normalized spacial score (nSPS) is 10.1. The van der Waals surface area contributed by atoms with Crippen molar-refractivity contribution in [3.8, 4) is 0 Å². The number of hydrogen-bond acceptors (Lipinski definition) is 2. The van der Waals surface area contributed by atoms with Crippen molar-refractivity contribution in [1.82, 2.24) is 10.9 Å². The summed E-state index contributed by atoms with van der Waals surface area (Å²) >= 11 is 5.74. The van der Waals surface area contributed by atoms with Crippen molar-refractivity contribution in [2.45, 2.75) is 45.4 Å². The molecule has 0 unspecified atom stereocenters. The van der Waals surface area contributed by atoms with E-state index in [2.05, 4.69) is 17.8 Å². The van der Waals surface area contributed by atoms with Crippen molar-refractivity contribution in [2.24, 2.45) is 0 Å². The van der Waals surface area contributed by atoms with Gasteiger partial charge in [0.15, 0.2) is 0 Å². The number of rotatable bonds is 7. The van der Waals surface area contributed by atoms with Crippen LogP contribution in [-0.2, 0) is 4.79 Å². The van der Waals surface area contributed by atoms with E-state index in [-0.39, 0.29) is 11.8 Å². The van der Waals surface area contributed by atoms with Gasteiger partial charge in [0.2, 0.25) is 5.91 Å². The van der Waals surface area contributed by atoms with Crippen LogP contribution in [0.15, 0.2) is 24.3 Å². The maximum absolute atomic E-state index is 11.7. The molecule has 2 N–H and O–H groups in total. The van der Waals surface area contributed by atoms with Crippen LogP contribution in [0, 0.1) is 0 Å². The number of halogens is 1. The van der Waals surface area contributed by atoms with Crippen LogP contribution in [0.2, 0.25) is 5.02 Å². The highest BCUT2D eigenvalue weighted by Gasteiger charge is 2.06. The molecule has 20 heavy (non-hydrogen) atoms. The van der Waals surface area contributed by atoms with Gasteiger partial charge >= 0.3 is 0 Å². The van der Waals surface area contributed by atoms with Gasteiger partial charge in [0, 0.05) is 17.0 Å². The molecule has 0 aromatic heterocycles. The van der Waals surface area contributed by atoms with Gasteiger partial charge in [-0.2, -0.15) is 0 Å². The highest BCUT2D eigenvalue weighted by atomic mass is 35.5. The van der Waals surface area contributed by atoms with Crippen molar-refractivity contribution in [3.05, 3.63) is 34.9 Å². The van der Waals surface area contributed by atoms with Crippen LogP contribution in [0.25, 0.3) is 0 Å². The summed E-state index contributed by atoms with van der Waals surface area (Å²) in [6, 6.07) is 6.47. The fraction of sp³-hybridized carbons (Fsp3) is 0.467. The first kappa shape index (κ1) is 16.5. The number of hydrogen-bond donors (Lipinski definition) is 2. The zero-order valence-electron chi connectivity index (χ0n) is 11.7. The van der Waals surface area contributed by atoms with E-state index < -0.39 is 0 Å². The summed E-state index contributed by atoms with van der Waals surface area (Å²) in [5, 5.41) is 0.567. The van der Waals surface area contributed by atoms with Gasteiger partial charge in [-0.25, -0.2) is 0 Å². The third kappa shape index (κ3) is 6.57. The second-order valence-electron chi connectivity index (χ2n) is 4.67. The van der Waals surface area contributed by atoms with Gasteiger partial charge < -0.3 is 0 Å². The molecule has 0 aliphatic carbocycles. The summed E-state index contributed by atoms with van der Waals surface area (Å²) < 4.78 is 0. The first-order chi connectivity index (χ1) is 9.63. The Hall–Kier alpha value is -1.55. The lowest BCUT2D eigenvalue weighted by Gasteiger charge is -2.07. The highest BCUT2D eigenvalue weighted by Crippen LogP contribution is 2.09. The molecule has 5 heteroatoms. The lowest BCUT2D eigenvalue weighted by molar-refractivity contribution is -0.122. The summed E-state index contributed by atoms with van der Waals surface area (Å²) in [6.45, 7) is 2.15. The SMILES string of the molecule is CCCCCCCC(=O)NNC(=O)c1ccc(Cl)cc1. The fourth-order valence-corrected chi connectivity index (χ4v) is 1.88. The molecule has 1 rings (SSSR count). The summed E-state index contributed by atoms with van der Waals surface area (Å²) in [4.78, 5) is 23.2. The third-order valence-corrected chi connectivity index (χ3v) is 3.18. The molecule has 0 heterocycles. The van der Waals surface area contributed by atoms with E-state index in [0.29, 0.717) is 17.0 Å². The van der Waals surface area contributed by atoms with Gasteiger partial charge in [-0.3, -0.25) is 20.4 Å². The highest BCUT2D eigenvalue weighted by molar-refractivity contribution is 6.30. The number of carbonyl (C=O) groups excluding carboxylic acids is 2. The Morgan fingerprint density at radius 1 is 1.00 bits per heavy atom. The number of benzene rings is 1. The van der Waals surface area contributed by atoms with Gasteiger partial charge in [0.05, 0.1) is 0 Å². The standard InChI is InChI=1S/C15H21ClN2O2/c1-2-3-4-5-6-7-14(19)17-18-15(20)12-8-10-13(16)11-9-12/h8-11H,2-7H2,1H3,(H,17,19)(H,18,20). The van der Waals surface area contributed by atoms with Crippen molar-refractivity contribution in [2.75, 3.05) is 0 Å². The average molecular weight is 297 g/mol. The first-order valence-corrected chi connectivity index (χ1v) is 7.36. The molecular formula is C15H21ClN2O2. The Morgan fingerprint density at radius 2 is 1.65 bits per heavy atom. The Balaban J connectivity index is 2.20. The lowest BCUT2D eigenvalue weighted by Crippen LogP contribution is -2.41. The summed E-state index contributed by atoms with van der Waals surface area (Å²) in [5.74, 6) is -0.509. The van der Waals surface area contributed by atoms with Gasteiger partial charge in [-0.05, 0) is 30.7 Å². The Kier molecular flexibility index (Phi) is 7.73. The summed E-state index contributed by atoms with van der Waals surface area (Å²) in [7, 11) is 0. The smallest absolute Gasteiger partial charge is 0.269 e. The van der Waals surface area contributed by atoms with Crippen LogP contribution >= 0.6 is 11.6 Å². The molecule has 0 bridgehead atoms. The molecule has 0 saturated heterocycles. The maximum Gasteiger partial charge on any atom is 0.269 e. The average Bonchev–Trinajstić information content (AvgIpc) is 2.45. The molecule has 1 aromatic carbocycles. The number of nitrogens with one attached hydrogen (secondary N) is 2. The number of amides is 2. The number of carbonyl (C=O) groups is 2. The van der Waals surface area contributed by atoms with E-state index >= 15 is 0 Å². The fourth-order valence-electron chi connectivity index (χ4n) is 1.75. The van der Waals surface area contributed by atoms with Gasteiger partial charge in [0.1, 0.15) is 0 Å². The van der Waals surface area contributed by atoms with Crippen LogP contribution in [0.5, 0.6) is 0 Å². The predicted molar refractivity (Wildman–Crippen MR) is 80.4 cm³/mol. The lowest BCUT2D eigenvalue weighted by atomic mass is 10.1. The summed E-state index contributed by atoms with van der Waals surface area (Å²) in [5.41, 5.74) is 5.26. The Bertz CT molecular complexity index is 432. The second kappa shape index (κ2) is 9.37. The number of hydrazine groups is 1. The maximum atomic E-state index is 11.7. The van der Waals surface area contributed by atoms with Crippen LogP contribution in [0.1, 0.15) is 55.8 Å². The minimum atomic E-state index is -0.346. The van der Waals surface area contributed by atoms with Gasteiger partial charge in [-0.15, -0.1) is 0 Å². The minimum Gasteiger partial charge on any atom is -0.273 e. The zero-order valence-corrected chi connectivity index (χ0v) is 12.5. The molecule has 0 fully saturated rings. The van der Waals surface area contributed by atoms with E-state index in [0.717, 1.165) is 19.3 Å². The van der Waals surface area contributed by atoms with Gasteiger partial charge in [0.25, 0.3) is 5.91 Å². The molecule has 0 atom stereocenters. The molecule has 4 nitrogen and oxygen atoms in total. The zero-order chi connectivity index (χ0) is 14.8. The Labute approximate surface area is 124 Å². The number of unbranched alkanes of at least 4 members (excludes halogenated alkanes) is 4. The van der Waals surface area contributed by atoms with E-state index in [4.69, 9.17) is 11.6 Å². The molecule has 0 radical (unpaired) electrons. The largest absolute Gasteiger partial charge is 0.273 e. The Morgan fingerprint density at radius 3 is 2.30 bits per heavy atom. The van der Waals surface area contributed by atoms with Crippen molar-refractivity contribution >= 4 is 23.4 Å². The van der Waals surface area contributed by atoms with E-state index in [9.17, 15) is 9.59 Å². The molecule has 0 aliphatic rings. The van der Waals surface area contributed by atoms with Crippen LogP contribution in [0.3, 0.4) is 0 Å². The molecule has 0 aliphatic heterocycles. The van der Waals surface area contributed by atoms with Crippen LogP contribution in [-0.4, -0.2) is 11.8 Å². The van der Waals surface area contributed by atoms with E-state index in [1.54, 1.807) is 24.3 Å². The molecule has 110 valence electrons.